The molecule has 3 aromatic rings. The van der Waals surface area contributed by atoms with Crippen molar-refractivity contribution in [3.05, 3.63) is 64.9 Å². The number of ether oxygens (including phenoxy) is 2. The molecule has 0 unspecified atom stereocenters. The third-order valence-corrected chi connectivity index (χ3v) is 8.57. The fraction of sp³-hybridized carbons (Fsp3) is 0.417. The first-order valence-corrected chi connectivity index (χ1v) is 13.6. The van der Waals surface area contributed by atoms with Gasteiger partial charge in [-0.05, 0) is 29.9 Å². The molecular formula is C24H29N5O4S2. The molecular weight excluding hydrogens is 486 g/mol. The minimum absolute atomic E-state index is 0.247. The van der Waals surface area contributed by atoms with Crippen LogP contribution >= 0.6 is 12.2 Å². The number of morpholine rings is 2. The molecule has 3 heterocycles. The van der Waals surface area contributed by atoms with Gasteiger partial charge in [0.25, 0.3) is 0 Å². The van der Waals surface area contributed by atoms with Crippen molar-refractivity contribution in [2.45, 2.75) is 18.1 Å². The van der Waals surface area contributed by atoms with Gasteiger partial charge in [-0.1, -0.05) is 42.5 Å². The van der Waals surface area contributed by atoms with Gasteiger partial charge in [0, 0.05) is 31.7 Å². The maximum Gasteiger partial charge on any atom is 0.243 e. The highest BCUT2D eigenvalue weighted by Gasteiger charge is 2.27. The van der Waals surface area contributed by atoms with E-state index in [1.807, 2.05) is 45.6 Å². The van der Waals surface area contributed by atoms with Crippen LogP contribution < -0.4 is 0 Å². The second-order valence-electron chi connectivity index (χ2n) is 8.59. The standard InChI is InChI=1S/C24H29N5O4S2/c30-35(31,27-11-15-33-16-12-27)22-8-4-7-21(17-22)23-25-29(19-26-9-13-32-14-10-26)24(34)28(23)18-20-5-2-1-3-6-20/h1-8,17H,9-16,18-19H2. The second kappa shape index (κ2) is 10.7. The number of hydrogen-bond donors (Lipinski definition) is 0. The lowest BCUT2D eigenvalue weighted by atomic mass is 10.2. The highest BCUT2D eigenvalue weighted by atomic mass is 32.2. The molecule has 0 spiro atoms. The fourth-order valence-corrected chi connectivity index (χ4v) is 6.02. The van der Waals surface area contributed by atoms with Crippen LogP contribution in [0.4, 0.5) is 0 Å². The van der Waals surface area contributed by atoms with Gasteiger partial charge in [-0.25, -0.2) is 13.1 Å². The Morgan fingerprint density at radius 1 is 0.886 bits per heavy atom. The second-order valence-corrected chi connectivity index (χ2v) is 10.9. The molecule has 186 valence electrons. The topological polar surface area (TPSA) is 81.8 Å². The van der Waals surface area contributed by atoms with Crippen LogP contribution in [-0.2, 0) is 32.7 Å². The summed E-state index contributed by atoms with van der Waals surface area (Å²) in [6.07, 6.45) is 0. The van der Waals surface area contributed by atoms with E-state index in [2.05, 4.69) is 4.90 Å². The largest absolute Gasteiger partial charge is 0.379 e. The van der Waals surface area contributed by atoms with Gasteiger partial charge < -0.3 is 9.47 Å². The van der Waals surface area contributed by atoms with Crippen LogP contribution in [0, 0.1) is 4.77 Å². The van der Waals surface area contributed by atoms with Crippen molar-refractivity contribution in [1.82, 2.24) is 23.6 Å². The van der Waals surface area contributed by atoms with Crippen LogP contribution in [0.1, 0.15) is 5.56 Å². The van der Waals surface area contributed by atoms with Gasteiger partial charge in [-0.3, -0.25) is 9.47 Å². The Morgan fingerprint density at radius 2 is 1.57 bits per heavy atom. The van der Waals surface area contributed by atoms with Crippen LogP contribution in [0.5, 0.6) is 0 Å². The summed E-state index contributed by atoms with van der Waals surface area (Å²) in [5.41, 5.74) is 1.80. The zero-order chi connectivity index (χ0) is 24.3. The molecule has 0 N–H and O–H groups in total. The molecule has 5 rings (SSSR count). The normalized spacial score (nSPS) is 18.1. The Kier molecular flexibility index (Phi) is 7.42. The molecule has 2 aliphatic rings. The average Bonchev–Trinajstić information content (AvgIpc) is 3.20. The first-order valence-electron chi connectivity index (χ1n) is 11.7. The number of rotatable bonds is 7. The Hall–Kier alpha value is -2.41. The first-order chi connectivity index (χ1) is 17.0. The summed E-state index contributed by atoms with van der Waals surface area (Å²) in [5, 5.41) is 4.87. The van der Waals surface area contributed by atoms with Crippen molar-refractivity contribution < 1.29 is 17.9 Å². The predicted octanol–water partition coefficient (Wildman–Crippen LogP) is 2.44. The minimum Gasteiger partial charge on any atom is -0.379 e. The zero-order valence-corrected chi connectivity index (χ0v) is 21.1. The van der Waals surface area contributed by atoms with Gasteiger partial charge in [0.2, 0.25) is 10.0 Å². The van der Waals surface area contributed by atoms with Crippen molar-refractivity contribution in [2.24, 2.45) is 0 Å². The van der Waals surface area contributed by atoms with E-state index in [0.29, 0.717) is 68.9 Å². The molecule has 0 amide bonds. The molecule has 35 heavy (non-hydrogen) atoms. The molecule has 1 aromatic heterocycles. The Bertz CT molecular complexity index is 1310. The highest BCUT2D eigenvalue weighted by Crippen LogP contribution is 2.25. The number of aromatic nitrogens is 3. The van der Waals surface area contributed by atoms with Crippen molar-refractivity contribution in [1.29, 1.82) is 0 Å². The summed E-state index contributed by atoms with van der Waals surface area (Å²) in [4.78, 5) is 2.50. The van der Waals surface area contributed by atoms with Gasteiger partial charge in [0.1, 0.15) is 0 Å². The summed E-state index contributed by atoms with van der Waals surface area (Å²) in [7, 11) is -3.63. The van der Waals surface area contributed by atoms with Gasteiger partial charge >= 0.3 is 0 Å². The van der Waals surface area contributed by atoms with E-state index in [0.717, 1.165) is 18.7 Å². The lowest BCUT2D eigenvalue weighted by Crippen LogP contribution is -2.40. The Morgan fingerprint density at radius 3 is 2.29 bits per heavy atom. The van der Waals surface area contributed by atoms with E-state index >= 15 is 0 Å². The molecule has 2 saturated heterocycles. The van der Waals surface area contributed by atoms with Crippen LogP contribution in [0.25, 0.3) is 11.4 Å². The molecule has 2 aliphatic heterocycles. The fourth-order valence-electron chi connectivity index (χ4n) is 4.32. The van der Waals surface area contributed by atoms with E-state index in [1.54, 1.807) is 18.2 Å². The number of benzene rings is 2. The summed E-state index contributed by atoms with van der Waals surface area (Å²) < 4.78 is 43.2. The summed E-state index contributed by atoms with van der Waals surface area (Å²) in [5.74, 6) is 0.645. The van der Waals surface area contributed by atoms with Crippen molar-refractivity contribution >= 4 is 22.2 Å². The van der Waals surface area contributed by atoms with E-state index in [1.165, 1.54) is 4.31 Å². The zero-order valence-electron chi connectivity index (χ0n) is 19.5. The summed E-state index contributed by atoms with van der Waals surface area (Å²) in [6, 6.07) is 17.0. The molecule has 11 heteroatoms. The molecule has 0 bridgehead atoms. The number of nitrogens with zero attached hydrogens (tertiary/aromatic N) is 5. The minimum atomic E-state index is -3.63. The molecule has 2 fully saturated rings. The lowest BCUT2D eigenvalue weighted by molar-refractivity contribution is 0.0209. The first kappa shape index (κ1) is 24.3. The van der Waals surface area contributed by atoms with Gasteiger partial charge in [-0.15, -0.1) is 0 Å². The van der Waals surface area contributed by atoms with Crippen LogP contribution in [0.3, 0.4) is 0 Å². The number of hydrogen-bond acceptors (Lipinski definition) is 7. The third-order valence-electron chi connectivity index (χ3n) is 6.24. The maximum absolute atomic E-state index is 13.3. The highest BCUT2D eigenvalue weighted by molar-refractivity contribution is 7.89. The Balaban J connectivity index is 1.53. The van der Waals surface area contributed by atoms with Crippen LogP contribution in [0.15, 0.2) is 59.5 Å². The maximum atomic E-state index is 13.3. The van der Waals surface area contributed by atoms with Crippen LogP contribution in [-0.4, -0.2) is 84.6 Å². The summed E-state index contributed by atoms with van der Waals surface area (Å²) >= 11 is 5.85. The third kappa shape index (κ3) is 5.40. The van der Waals surface area contributed by atoms with Gasteiger partial charge in [-0.2, -0.15) is 9.40 Å². The molecule has 0 saturated carbocycles. The van der Waals surface area contributed by atoms with E-state index in [-0.39, 0.29) is 4.90 Å². The van der Waals surface area contributed by atoms with Crippen molar-refractivity contribution in [3.8, 4) is 11.4 Å². The SMILES string of the molecule is O=S(=O)(c1cccc(-c2nn(CN3CCOCC3)c(=S)n2Cc2ccccc2)c1)N1CCOCC1. The van der Waals surface area contributed by atoms with Crippen molar-refractivity contribution in [3.63, 3.8) is 0 Å². The molecule has 9 nitrogen and oxygen atoms in total. The molecule has 0 aliphatic carbocycles. The smallest absolute Gasteiger partial charge is 0.243 e. The monoisotopic (exact) mass is 515 g/mol. The van der Waals surface area contributed by atoms with Gasteiger partial charge in [0.05, 0.1) is 44.5 Å². The van der Waals surface area contributed by atoms with Crippen LogP contribution in [0.2, 0.25) is 0 Å². The van der Waals surface area contributed by atoms with Gasteiger partial charge in [0.15, 0.2) is 10.6 Å². The lowest BCUT2D eigenvalue weighted by Gasteiger charge is -2.26. The Labute approximate surface area is 210 Å². The number of sulfonamides is 1. The average molecular weight is 516 g/mol. The predicted molar refractivity (Wildman–Crippen MR) is 134 cm³/mol. The summed E-state index contributed by atoms with van der Waals surface area (Å²) in [6.45, 7) is 5.62. The van der Waals surface area contributed by atoms with E-state index in [9.17, 15) is 8.42 Å². The van der Waals surface area contributed by atoms with E-state index in [4.69, 9.17) is 26.8 Å². The van der Waals surface area contributed by atoms with E-state index < -0.39 is 10.0 Å². The molecule has 0 radical (unpaired) electrons. The molecule has 0 atom stereocenters. The van der Waals surface area contributed by atoms with Crippen molar-refractivity contribution in [2.75, 3.05) is 52.6 Å². The molecule has 2 aromatic carbocycles. The quantitative estimate of drug-likeness (QED) is 0.447.